The van der Waals surface area contributed by atoms with Crippen molar-refractivity contribution in [1.29, 1.82) is 0 Å². The molecule has 0 bridgehead atoms. The van der Waals surface area contributed by atoms with Crippen LogP contribution in [0.3, 0.4) is 0 Å². The highest BCUT2D eigenvalue weighted by atomic mass is 35.5. The van der Waals surface area contributed by atoms with E-state index in [0.29, 0.717) is 17.6 Å². The monoisotopic (exact) mass is 519 g/mol. The molecule has 3 rings (SSSR count). The molecule has 1 amide bonds. The molecule has 2 fully saturated rings. The van der Waals surface area contributed by atoms with Crippen LogP contribution in [0.25, 0.3) is 6.08 Å². The van der Waals surface area contributed by atoms with Gasteiger partial charge in [-0.3, -0.25) is 15.0 Å². The standard InChI is InChI=1S/C19H29N5O3.4ClH/c25-14-19(7-2-1-3-8-19)13-24-9-6-16(12-24)22-17-11-20-15(10-21-17)4-5-18(26)23-27;;;;/h4-5,10-11,16,25,27H,1-3,6-9,12-14H2,(H,21,22)(H,23,26);4*1H/t16-;;;;/m1..../s1. The fraction of sp³-hybridized carbons (Fsp3) is 0.632. The minimum Gasteiger partial charge on any atom is -0.396 e. The Morgan fingerprint density at radius 1 is 1.16 bits per heavy atom. The number of rotatable bonds is 7. The lowest BCUT2D eigenvalue weighted by Gasteiger charge is -2.38. The maximum absolute atomic E-state index is 11.0. The first kappa shape index (κ1) is 32.3. The average Bonchev–Trinajstić information content (AvgIpc) is 3.14. The minimum absolute atomic E-state index is 0. The number of amides is 1. The molecule has 180 valence electrons. The Labute approximate surface area is 208 Å². The van der Waals surface area contributed by atoms with Gasteiger partial charge in [-0.25, -0.2) is 10.5 Å². The number of halogens is 4. The van der Waals surface area contributed by atoms with E-state index < -0.39 is 5.91 Å². The fourth-order valence-corrected chi connectivity index (χ4v) is 4.14. The second-order valence-electron chi connectivity index (χ2n) is 7.72. The van der Waals surface area contributed by atoms with Crippen molar-refractivity contribution < 1.29 is 15.1 Å². The first-order valence-electron chi connectivity index (χ1n) is 9.66. The van der Waals surface area contributed by atoms with Crippen LogP contribution in [-0.4, -0.2) is 63.4 Å². The Hall–Kier alpha value is -0.870. The van der Waals surface area contributed by atoms with Crippen molar-refractivity contribution in [3.8, 4) is 0 Å². The maximum Gasteiger partial charge on any atom is 0.267 e. The summed E-state index contributed by atoms with van der Waals surface area (Å²) in [5, 5.41) is 21.8. The number of aliphatic hydroxyl groups is 1. The number of nitrogens with zero attached hydrogens (tertiary/aromatic N) is 3. The lowest BCUT2D eigenvalue weighted by Crippen LogP contribution is -2.41. The van der Waals surface area contributed by atoms with E-state index in [0.717, 1.165) is 38.9 Å². The van der Waals surface area contributed by atoms with Crippen LogP contribution >= 0.6 is 49.6 Å². The summed E-state index contributed by atoms with van der Waals surface area (Å²) in [5.74, 6) is 0.101. The lowest BCUT2D eigenvalue weighted by molar-refractivity contribution is -0.124. The first-order chi connectivity index (χ1) is 13.1. The number of hydrogen-bond acceptors (Lipinski definition) is 7. The van der Waals surface area contributed by atoms with Crippen molar-refractivity contribution in [2.45, 2.75) is 44.6 Å². The van der Waals surface area contributed by atoms with E-state index in [1.807, 2.05) is 0 Å². The normalized spacial score (nSPS) is 19.9. The number of anilines is 1. The summed E-state index contributed by atoms with van der Waals surface area (Å²) in [6.07, 6.45) is 13.0. The van der Waals surface area contributed by atoms with Gasteiger partial charge in [0.15, 0.2) is 0 Å². The number of hydrogen-bond donors (Lipinski definition) is 4. The molecule has 1 aliphatic heterocycles. The molecule has 31 heavy (non-hydrogen) atoms. The van der Waals surface area contributed by atoms with Gasteiger partial charge in [-0.15, -0.1) is 49.6 Å². The zero-order chi connectivity index (χ0) is 19.1. The Morgan fingerprint density at radius 3 is 2.45 bits per heavy atom. The molecule has 8 nitrogen and oxygen atoms in total. The smallest absolute Gasteiger partial charge is 0.267 e. The number of aromatic nitrogens is 2. The number of hydroxylamine groups is 1. The van der Waals surface area contributed by atoms with E-state index in [1.165, 1.54) is 36.9 Å². The summed E-state index contributed by atoms with van der Waals surface area (Å²) in [6.45, 7) is 3.24. The van der Waals surface area contributed by atoms with Gasteiger partial charge in [0, 0.05) is 43.8 Å². The van der Waals surface area contributed by atoms with Crippen LogP contribution in [0.4, 0.5) is 5.82 Å². The van der Waals surface area contributed by atoms with Crippen LogP contribution in [0.15, 0.2) is 18.5 Å². The predicted octanol–water partition coefficient (Wildman–Crippen LogP) is 3.11. The van der Waals surface area contributed by atoms with Crippen LogP contribution in [0.5, 0.6) is 0 Å². The second-order valence-corrected chi connectivity index (χ2v) is 7.72. The van der Waals surface area contributed by atoms with Gasteiger partial charge in [-0.2, -0.15) is 0 Å². The van der Waals surface area contributed by atoms with E-state index in [4.69, 9.17) is 5.21 Å². The number of carbonyl (C=O) groups is 1. The summed E-state index contributed by atoms with van der Waals surface area (Å²) >= 11 is 0. The Kier molecular flexibility index (Phi) is 16.5. The SMILES string of the molecule is Cl.Cl.Cl.Cl.O=C(C=Cc1cnc(N[C@@H]2CCN(CC3(CO)CCCCC3)C2)cn1)NO. The molecule has 12 heteroatoms. The van der Waals surface area contributed by atoms with Crippen LogP contribution in [0.2, 0.25) is 0 Å². The molecule has 1 aliphatic carbocycles. The number of carbonyl (C=O) groups excluding carboxylic acids is 1. The van der Waals surface area contributed by atoms with Gasteiger partial charge in [0.25, 0.3) is 5.91 Å². The molecule has 4 N–H and O–H groups in total. The van der Waals surface area contributed by atoms with E-state index in [9.17, 15) is 9.90 Å². The Morgan fingerprint density at radius 2 is 1.87 bits per heavy atom. The molecule has 0 radical (unpaired) electrons. The molecule has 0 unspecified atom stereocenters. The summed E-state index contributed by atoms with van der Waals surface area (Å²) in [7, 11) is 0. The van der Waals surface area contributed by atoms with Gasteiger partial charge in [-0.05, 0) is 25.3 Å². The quantitative estimate of drug-likeness (QED) is 0.248. The third-order valence-corrected chi connectivity index (χ3v) is 5.62. The van der Waals surface area contributed by atoms with Gasteiger partial charge in [0.1, 0.15) is 5.82 Å². The van der Waals surface area contributed by atoms with Crippen LogP contribution < -0.4 is 10.8 Å². The van der Waals surface area contributed by atoms with Crippen molar-refractivity contribution in [3.63, 3.8) is 0 Å². The Bertz CT molecular complexity index is 660. The van der Waals surface area contributed by atoms with Crippen molar-refractivity contribution >= 4 is 67.4 Å². The number of nitrogens with one attached hydrogen (secondary N) is 2. The van der Waals surface area contributed by atoms with E-state index in [2.05, 4.69) is 20.2 Å². The molecule has 1 saturated carbocycles. The molecule has 2 heterocycles. The van der Waals surface area contributed by atoms with E-state index in [1.54, 1.807) is 12.4 Å². The van der Waals surface area contributed by atoms with Crippen LogP contribution in [0, 0.1) is 5.41 Å². The predicted molar refractivity (Wildman–Crippen MR) is 131 cm³/mol. The molecule has 1 saturated heterocycles. The first-order valence-corrected chi connectivity index (χ1v) is 9.66. The van der Waals surface area contributed by atoms with E-state index >= 15 is 0 Å². The summed E-state index contributed by atoms with van der Waals surface area (Å²) in [4.78, 5) is 22.0. The molecule has 1 atom stereocenters. The topological polar surface area (TPSA) is 111 Å². The van der Waals surface area contributed by atoms with Gasteiger partial charge in [0.2, 0.25) is 0 Å². The third kappa shape index (κ3) is 9.65. The summed E-state index contributed by atoms with van der Waals surface area (Å²) < 4.78 is 0. The lowest BCUT2D eigenvalue weighted by atomic mass is 9.74. The zero-order valence-electron chi connectivity index (χ0n) is 17.2. The van der Waals surface area contributed by atoms with Crippen LogP contribution in [0.1, 0.15) is 44.2 Å². The number of aliphatic hydroxyl groups excluding tert-OH is 1. The summed E-state index contributed by atoms with van der Waals surface area (Å²) in [5.41, 5.74) is 2.15. The minimum atomic E-state index is -0.608. The fourth-order valence-electron chi connectivity index (χ4n) is 4.14. The highest BCUT2D eigenvalue weighted by Gasteiger charge is 2.35. The average molecular weight is 521 g/mol. The number of likely N-dealkylation sites (tertiary alicyclic amines) is 1. The van der Waals surface area contributed by atoms with E-state index in [-0.39, 0.29) is 61.7 Å². The van der Waals surface area contributed by atoms with Crippen molar-refractivity contribution in [2.75, 3.05) is 31.6 Å². The van der Waals surface area contributed by atoms with Gasteiger partial charge < -0.3 is 15.3 Å². The van der Waals surface area contributed by atoms with Crippen molar-refractivity contribution in [1.82, 2.24) is 20.3 Å². The van der Waals surface area contributed by atoms with Gasteiger partial charge in [0.05, 0.1) is 18.1 Å². The van der Waals surface area contributed by atoms with Crippen molar-refractivity contribution in [2.24, 2.45) is 5.41 Å². The molecular weight excluding hydrogens is 488 g/mol. The third-order valence-electron chi connectivity index (χ3n) is 5.62. The van der Waals surface area contributed by atoms with Gasteiger partial charge >= 0.3 is 0 Å². The molecule has 0 spiro atoms. The highest BCUT2D eigenvalue weighted by molar-refractivity contribution is 5.90. The largest absolute Gasteiger partial charge is 0.396 e. The Balaban J connectivity index is 0. The molecule has 1 aromatic heterocycles. The van der Waals surface area contributed by atoms with Crippen LogP contribution in [-0.2, 0) is 4.79 Å². The summed E-state index contributed by atoms with van der Waals surface area (Å²) in [6, 6.07) is 0.320. The molecule has 0 aromatic carbocycles. The van der Waals surface area contributed by atoms with Crippen molar-refractivity contribution in [3.05, 3.63) is 24.2 Å². The molecular formula is C19H33Cl4N5O3. The maximum atomic E-state index is 11.0. The molecule has 1 aromatic rings. The molecule has 2 aliphatic rings. The zero-order valence-corrected chi connectivity index (χ0v) is 20.5. The second kappa shape index (κ2) is 15.9. The van der Waals surface area contributed by atoms with Gasteiger partial charge in [-0.1, -0.05) is 19.3 Å². The highest BCUT2D eigenvalue weighted by Crippen LogP contribution is 2.37.